The van der Waals surface area contributed by atoms with Crippen molar-refractivity contribution in [1.29, 1.82) is 0 Å². The molecule has 1 aliphatic rings. The summed E-state index contributed by atoms with van der Waals surface area (Å²) in [6, 6.07) is 7.42. The second-order valence-corrected chi connectivity index (χ2v) is 5.84. The molecule has 0 heterocycles. The van der Waals surface area contributed by atoms with Gasteiger partial charge in [-0.2, -0.15) is 0 Å². The topological polar surface area (TPSA) is 29.3 Å². The summed E-state index contributed by atoms with van der Waals surface area (Å²) < 4.78 is 0. The molecule has 2 rings (SSSR count). The van der Waals surface area contributed by atoms with Crippen molar-refractivity contribution in [3.8, 4) is 0 Å². The Labute approximate surface area is 111 Å². The minimum atomic E-state index is 0.574. The smallest absolute Gasteiger partial charge is 0.0371 e. The van der Waals surface area contributed by atoms with E-state index >= 15 is 0 Å². The molecule has 2 nitrogen and oxygen atoms in total. The Hall–Kier alpha value is -1.02. The summed E-state index contributed by atoms with van der Waals surface area (Å²) in [5.41, 5.74) is 9.77. The van der Waals surface area contributed by atoms with Crippen LogP contribution in [-0.2, 0) is 6.42 Å². The van der Waals surface area contributed by atoms with Gasteiger partial charge in [0.25, 0.3) is 0 Å². The van der Waals surface area contributed by atoms with Gasteiger partial charge < -0.3 is 10.6 Å². The molecule has 0 amide bonds. The first kappa shape index (κ1) is 13.4. The number of aryl methyl sites for hydroxylation is 1. The van der Waals surface area contributed by atoms with Crippen molar-refractivity contribution in [1.82, 2.24) is 0 Å². The Morgan fingerprint density at radius 1 is 1.33 bits per heavy atom. The molecule has 0 saturated heterocycles. The van der Waals surface area contributed by atoms with Crippen molar-refractivity contribution in [3.63, 3.8) is 0 Å². The highest BCUT2D eigenvalue weighted by Gasteiger charge is 2.25. The van der Waals surface area contributed by atoms with Gasteiger partial charge in [-0.3, -0.25) is 0 Å². The van der Waals surface area contributed by atoms with Crippen LogP contribution in [0, 0.1) is 12.8 Å². The fourth-order valence-corrected chi connectivity index (χ4v) is 2.49. The number of rotatable bonds is 6. The monoisotopic (exact) mass is 246 g/mol. The summed E-state index contributed by atoms with van der Waals surface area (Å²) in [5.74, 6) is 0.927. The first-order chi connectivity index (χ1) is 8.61. The largest absolute Gasteiger partial charge is 0.369 e. The molecule has 1 aromatic carbocycles. The summed E-state index contributed by atoms with van der Waals surface area (Å²) in [6.07, 6.45) is 3.80. The second-order valence-electron chi connectivity index (χ2n) is 5.84. The molecule has 2 N–H and O–H groups in total. The zero-order valence-electron chi connectivity index (χ0n) is 11.9. The molecule has 0 atom stereocenters. The SMILES string of the molecule is Cc1cc(N(CC2CC2)C(C)C)ccc1CCN. The van der Waals surface area contributed by atoms with Gasteiger partial charge in [0.1, 0.15) is 0 Å². The van der Waals surface area contributed by atoms with E-state index in [-0.39, 0.29) is 0 Å². The zero-order chi connectivity index (χ0) is 13.1. The molecule has 1 fully saturated rings. The van der Waals surface area contributed by atoms with Gasteiger partial charge in [-0.25, -0.2) is 0 Å². The van der Waals surface area contributed by atoms with Crippen molar-refractivity contribution >= 4 is 5.69 Å². The van der Waals surface area contributed by atoms with E-state index < -0.39 is 0 Å². The quantitative estimate of drug-likeness (QED) is 0.835. The van der Waals surface area contributed by atoms with E-state index in [0.29, 0.717) is 6.04 Å². The number of nitrogens with zero attached hydrogens (tertiary/aromatic N) is 1. The first-order valence-electron chi connectivity index (χ1n) is 7.18. The van der Waals surface area contributed by atoms with Gasteiger partial charge in [-0.15, -0.1) is 0 Å². The molecule has 0 aliphatic heterocycles. The third kappa shape index (κ3) is 3.26. The van der Waals surface area contributed by atoms with Crippen LogP contribution in [0.3, 0.4) is 0 Å². The predicted molar refractivity (Wildman–Crippen MR) is 79.1 cm³/mol. The van der Waals surface area contributed by atoms with E-state index in [9.17, 15) is 0 Å². The Morgan fingerprint density at radius 3 is 2.56 bits per heavy atom. The van der Waals surface area contributed by atoms with Crippen LogP contribution in [0.25, 0.3) is 0 Å². The Balaban J connectivity index is 2.16. The van der Waals surface area contributed by atoms with Crippen LogP contribution in [0.5, 0.6) is 0 Å². The van der Waals surface area contributed by atoms with Crippen LogP contribution >= 0.6 is 0 Å². The van der Waals surface area contributed by atoms with Crippen LogP contribution in [0.2, 0.25) is 0 Å². The lowest BCUT2D eigenvalue weighted by Crippen LogP contribution is -2.32. The van der Waals surface area contributed by atoms with Crippen molar-refractivity contribution in [3.05, 3.63) is 29.3 Å². The molecule has 1 aliphatic carbocycles. The molecule has 100 valence electrons. The zero-order valence-corrected chi connectivity index (χ0v) is 11.9. The standard InChI is InChI=1S/C16H26N2/c1-12(2)18(11-14-4-5-14)16-7-6-15(8-9-17)13(3)10-16/h6-7,10,12,14H,4-5,8-9,11,17H2,1-3H3. The summed E-state index contributed by atoms with van der Waals surface area (Å²) in [4.78, 5) is 2.54. The molecular formula is C16H26N2. The average molecular weight is 246 g/mol. The van der Waals surface area contributed by atoms with E-state index in [0.717, 1.165) is 18.9 Å². The molecule has 0 bridgehead atoms. The third-order valence-corrected chi connectivity index (χ3v) is 3.85. The normalized spacial score (nSPS) is 15.2. The van der Waals surface area contributed by atoms with Crippen LogP contribution in [0.1, 0.15) is 37.8 Å². The number of anilines is 1. The van der Waals surface area contributed by atoms with E-state index in [1.54, 1.807) is 0 Å². The number of hydrogen-bond donors (Lipinski definition) is 1. The third-order valence-electron chi connectivity index (χ3n) is 3.85. The van der Waals surface area contributed by atoms with Gasteiger partial charge in [0.2, 0.25) is 0 Å². The maximum atomic E-state index is 5.64. The minimum Gasteiger partial charge on any atom is -0.369 e. The molecule has 1 aromatic rings. The summed E-state index contributed by atoms with van der Waals surface area (Å²) >= 11 is 0. The summed E-state index contributed by atoms with van der Waals surface area (Å²) in [5, 5.41) is 0. The number of nitrogens with two attached hydrogens (primary N) is 1. The van der Waals surface area contributed by atoms with Crippen LogP contribution in [-0.4, -0.2) is 19.1 Å². The highest BCUT2D eigenvalue weighted by Crippen LogP contribution is 2.32. The number of benzene rings is 1. The molecule has 0 spiro atoms. The van der Waals surface area contributed by atoms with E-state index in [2.05, 4.69) is 43.9 Å². The van der Waals surface area contributed by atoms with Crippen molar-refractivity contribution in [2.45, 2.75) is 46.1 Å². The Bertz CT molecular complexity index is 394. The van der Waals surface area contributed by atoms with Crippen molar-refractivity contribution in [2.24, 2.45) is 11.7 Å². The lowest BCUT2D eigenvalue weighted by Gasteiger charge is -2.29. The fraction of sp³-hybridized carbons (Fsp3) is 0.625. The summed E-state index contributed by atoms with van der Waals surface area (Å²) in [6.45, 7) is 8.71. The highest BCUT2D eigenvalue weighted by atomic mass is 15.2. The fourth-order valence-electron chi connectivity index (χ4n) is 2.49. The lowest BCUT2D eigenvalue weighted by molar-refractivity contribution is 0.644. The van der Waals surface area contributed by atoms with Crippen LogP contribution in [0.15, 0.2) is 18.2 Å². The molecular weight excluding hydrogens is 220 g/mol. The van der Waals surface area contributed by atoms with Gasteiger partial charge in [0.05, 0.1) is 0 Å². The minimum absolute atomic E-state index is 0.574. The highest BCUT2D eigenvalue weighted by molar-refractivity contribution is 5.51. The molecule has 0 radical (unpaired) electrons. The van der Waals surface area contributed by atoms with Gasteiger partial charge in [0.15, 0.2) is 0 Å². The molecule has 0 aromatic heterocycles. The van der Waals surface area contributed by atoms with E-state index in [4.69, 9.17) is 5.73 Å². The van der Waals surface area contributed by atoms with E-state index in [1.165, 1.54) is 36.2 Å². The maximum Gasteiger partial charge on any atom is 0.0371 e. The molecule has 0 unspecified atom stereocenters. The van der Waals surface area contributed by atoms with Crippen LogP contribution in [0.4, 0.5) is 5.69 Å². The second kappa shape index (κ2) is 5.75. The first-order valence-corrected chi connectivity index (χ1v) is 7.18. The van der Waals surface area contributed by atoms with Crippen molar-refractivity contribution in [2.75, 3.05) is 18.0 Å². The van der Waals surface area contributed by atoms with Gasteiger partial charge in [0, 0.05) is 18.3 Å². The number of hydrogen-bond acceptors (Lipinski definition) is 2. The molecule has 2 heteroatoms. The average Bonchev–Trinajstić information content (AvgIpc) is 3.12. The van der Waals surface area contributed by atoms with Crippen LogP contribution < -0.4 is 10.6 Å². The Morgan fingerprint density at radius 2 is 2.06 bits per heavy atom. The Kier molecular flexibility index (Phi) is 4.28. The summed E-state index contributed by atoms with van der Waals surface area (Å²) in [7, 11) is 0. The predicted octanol–water partition coefficient (Wildman–Crippen LogP) is 3.12. The van der Waals surface area contributed by atoms with Crippen molar-refractivity contribution < 1.29 is 0 Å². The van der Waals surface area contributed by atoms with Gasteiger partial charge in [-0.05, 0) is 75.8 Å². The molecule has 18 heavy (non-hydrogen) atoms. The maximum absolute atomic E-state index is 5.64. The lowest BCUT2D eigenvalue weighted by atomic mass is 10.0. The van der Waals surface area contributed by atoms with Gasteiger partial charge >= 0.3 is 0 Å². The van der Waals surface area contributed by atoms with Gasteiger partial charge in [-0.1, -0.05) is 6.07 Å². The van der Waals surface area contributed by atoms with E-state index in [1.807, 2.05) is 0 Å². The molecule has 1 saturated carbocycles.